The molecule has 1 aromatic carbocycles. The van der Waals surface area contributed by atoms with Crippen molar-refractivity contribution in [2.24, 2.45) is 0 Å². The van der Waals surface area contributed by atoms with Crippen molar-refractivity contribution in [1.82, 2.24) is 10.3 Å². The van der Waals surface area contributed by atoms with Gasteiger partial charge in [0, 0.05) is 23.7 Å². The van der Waals surface area contributed by atoms with E-state index in [0.717, 1.165) is 23.0 Å². The molecule has 0 spiro atoms. The lowest BCUT2D eigenvalue weighted by Gasteiger charge is -2.15. The van der Waals surface area contributed by atoms with Crippen molar-refractivity contribution >= 4 is 10.9 Å². The number of fused-ring (bicyclic) bond motifs is 1. The second kappa shape index (κ2) is 5.25. The number of nitrogens with one attached hydrogen (secondary N) is 1. The Kier molecular flexibility index (Phi) is 3.71. The summed E-state index contributed by atoms with van der Waals surface area (Å²) in [4.78, 5) is 4.48. The van der Waals surface area contributed by atoms with Gasteiger partial charge < -0.3 is 10.4 Å². The van der Waals surface area contributed by atoms with Crippen molar-refractivity contribution in [1.29, 1.82) is 0 Å². The molecule has 1 heterocycles. The average Bonchev–Trinajstić information content (AvgIpc) is 2.35. The molecule has 17 heavy (non-hydrogen) atoms. The van der Waals surface area contributed by atoms with Crippen LogP contribution in [0.2, 0.25) is 0 Å². The molecule has 0 fully saturated rings. The van der Waals surface area contributed by atoms with Gasteiger partial charge in [0.05, 0.1) is 5.52 Å². The summed E-state index contributed by atoms with van der Waals surface area (Å²) in [5.41, 5.74) is 3.25. The Labute approximate surface area is 102 Å². The molecule has 3 heteroatoms. The number of hydrogen-bond donors (Lipinski definition) is 2. The quantitative estimate of drug-likeness (QED) is 0.846. The molecule has 2 aromatic rings. The van der Waals surface area contributed by atoms with Crippen molar-refractivity contribution in [2.75, 3.05) is 13.7 Å². The highest BCUT2D eigenvalue weighted by atomic mass is 16.3. The summed E-state index contributed by atoms with van der Waals surface area (Å²) in [6.07, 6.45) is 0.724. The van der Waals surface area contributed by atoms with Gasteiger partial charge in [-0.15, -0.1) is 0 Å². The Balaban J connectivity index is 2.40. The maximum Gasteiger partial charge on any atom is 0.0705 e. The zero-order valence-corrected chi connectivity index (χ0v) is 10.3. The molecular weight excluding hydrogens is 212 g/mol. The molecule has 1 unspecified atom stereocenters. The third-order valence-corrected chi connectivity index (χ3v) is 3.02. The van der Waals surface area contributed by atoms with Gasteiger partial charge in [-0.05, 0) is 44.2 Å². The third kappa shape index (κ3) is 2.62. The highest BCUT2D eigenvalue weighted by Crippen LogP contribution is 2.21. The summed E-state index contributed by atoms with van der Waals surface area (Å²) in [6.45, 7) is 2.19. The lowest BCUT2D eigenvalue weighted by Crippen LogP contribution is -2.17. The minimum atomic E-state index is 0.190. The molecule has 2 rings (SSSR count). The number of aliphatic hydroxyl groups excluding tert-OH is 1. The van der Waals surface area contributed by atoms with Crippen LogP contribution in [-0.4, -0.2) is 23.7 Å². The summed E-state index contributed by atoms with van der Waals surface area (Å²) >= 11 is 0. The highest BCUT2D eigenvalue weighted by Gasteiger charge is 2.09. The second-order valence-corrected chi connectivity index (χ2v) is 4.26. The number of benzene rings is 1. The van der Waals surface area contributed by atoms with Crippen molar-refractivity contribution in [2.45, 2.75) is 19.4 Å². The van der Waals surface area contributed by atoms with E-state index in [1.165, 1.54) is 5.56 Å². The largest absolute Gasteiger partial charge is 0.396 e. The van der Waals surface area contributed by atoms with Gasteiger partial charge in [0.25, 0.3) is 0 Å². The number of rotatable bonds is 4. The van der Waals surface area contributed by atoms with Crippen molar-refractivity contribution in [3.8, 4) is 0 Å². The SMILES string of the molecule is CNC(CCO)c1ccc2nc(C)ccc2c1. The molecule has 0 aliphatic rings. The van der Waals surface area contributed by atoms with E-state index in [9.17, 15) is 0 Å². The van der Waals surface area contributed by atoms with Gasteiger partial charge in [-0.1, -0.05) is 12.1 Å². The normalized spacial score (nSPS) is 12.9. The van der Waals surface area contributed by atoms with E-state index < -0.39 is 0 Å². The van der Waals surface area contributed by atoms with E-state index in [-0.39, 0.29) is 12.6 Å². The number of hydrogen-bond acceptors (Lipinski definition) is 3. The maximum atomic E-state index is 9.03. The predicted molar refractivity (Wildman–Crippen MR) is 70.0 cm³/mol. The van der Waals surface area contributed by atoms with Crippen LogP contribution in [0.15, 0.2) is 30.3 Å². The van der Waals surface area contributed by atoms with Gasteiger partial charge >= 0.3 is 0 Å². The van der Waals surface area contributed by atoms with Crippen molar-refractivity contribution in [3.05, 3.63) is 41.6 Å². The zero-order valence-electron chi connectivity index (χ0n) is 10.3. The molecule has 2 N–H and O–H groups in total. The minimum Gasteiger partial charge on any atom is -0.396 e. The summed E-state index contributed by atoms with van der Waals surface area (Å²) in [7, 11) is 1.91. The molecule has 1 aromatic heterocycles. The molecule has 0 amide bonds. The molecule has 0 radical (unpaired) electrons. The van der Waals surface area contributed by atoms with Gasteiger partial charge in [0.15, 0.2) is 0 Å². The van der Waals surface area contributed by atoms with E-state index in [0.29, 0.717) is 0 Å². The van der Waals surface area contributed by atoms with Gasteiger partial charge in [-0.2, -0.15) is 0 Å². The van der Waals surface area contributed by atoms with Gasteiger partial charge in [-0.3, -0.25) is 4.98 Å². The van der Waals surface area contributed by atoms with Crippen molar-refractivity contribution in [3.63, 3.8) is 0 Å². The monoisotopic (exact) mass is 230 g/mol. The Hall–Kier alpha value is -1.45. The molecule has 1 atom stereocenters. The lowest BCUT2D eigenvalue weighted by molar-refractivity contribution is 0.269. The van der Waals surface area contributed by atoms with Crippen LogP contribution < -0.4 is 5.32 Å². The smallest absolute Gasteiger partial charge is 0.0705 e. The third-order valence-electron chi connectivity index (χ3n) is 3.02. The summed E-state index contributed by atoms with van der Waals surface area (Å²) in [6, 6.07) is 10.6. The Morgan fingerprint density at radius 1 is 1.29 bits per heavy atom. The molecule has 90 valence electrons. The number of aromatic nitrogens is 1. The van der Waals surface area contributed by atoms with E-state index in [4.69, 9.17) is 5.11 Å². The first-order valence-corrected chi connectivity index (χ1v) is 5.90. The summed E-state index contributed by atoms with van der Waals surface area (Å²) < 4.78 is 0. The van der Waals surface area contributed by atoms with Gasteiger partial charge in [0.1, 0.15) is 0 Å². The fraction of sp³-hybridized carbons (Fsp3) is 0.357. The minimum absolute atomic E-state index is 0.190. The standard InChI is InChI=1S/C14H18N2O/c1-10-3-4-12-9-11(5-6-14(12)16-10)13(15-2)7-8-17/h3-6,9,13,15,17H,7-8H2,1-2H3. The predicted octanol–water partition coefficient (Wildman–Crippen LogP) is 2.19. The lowest BCUT2D eigenvalue weighted by atomic mass is 10.0. The van der Waals surface area contributed by atoms with Gasteiger partial charge in [0.2, 0.25) is 0 Å². The first-order chi connectivity index (χ1) is 8.24. The van der Waals surface area contributed by atoms with Crippen LogP contribution in [0, 0.1) is 6.92 Å². The average molecular weight is 230 g/mol. The van der Waals surface area contributed by atoms with Crippen LogP contribution in [0.1, 0.15) is 23.7 Å². The molecule has 0 aliphatic heterocycles. The molecule has 0 saturated carbocycles. The van der Waals surface area contributed by atoms with Gasteiger partial charge in [-0.25, -0.2) is 0 Å². The fourth-order valence-corrected chi connectivity index (χ4v) is 2.07. The Morgan fingerprint density at radius 2 is 2.12 bits per heavy atom. The maximum absolute atomic E-state index is 9.03. The number of aryl methyl sites for hydroxylation is 1. The molecule has 0 saturated heterocycles. The van der Waals surface area contributed by atoms with E-state index in [1.54, 1.807) is 0 Å². The van der Waals surface area contributed by atoms with E-state index >= 15 is 0 Å². The Morgan fingerprint density at radius 3 is 2.82 bits per heavy atom. The fourth-order valence-electron chi connectivity index (χ4n) is 2.07. The second-order valence-electron chi connectivity index (χ2n) is 4.26. The van der Waals surface area contributed by atoms with E-state index in [2.05, 4.69) is 28.5 Å². The summed E-state index contributed by atoms with van der Waals surface area (Å²) in [5.74, 6) is 0. The summed E-state index contributed by atoms with van der Waals surface area (Å²) in [5, 5.41) is 13.4. The highest BCUT2D eigenvalue weighted by molar-refractivity contribution is 5.79. The number of aliphatic hydroxyl groups is 1. The number of pyridine rings is 1. The van der Waals surface area contributed by atoms with Crippen molar-refractivity contribution < 1.29 is 5.11 Å². The van der Waals surface area contributed by atoms with Crippen LogP contribution in [0.4, 0.5) is 0 Å². The molecule has 3 nitrogen and oxygen atoms in total. The van der Waals surface area contributed by atoms with Crippen LogP contribution in [-0.2, 0) is 0 Å². The topological polar surface area (TPSA) is 45.1 Å². The van der Waals surface area contributed by atoms with E-state index in [1.807, 2.05) is 26.1 Å². The first-order valence-electron chi connectivity index (χ1n) is 5.90. The molecule has 0 bridgehead atoms. The molecule has 0 aliphatic carbocycles. The molecular formula is C14H18N2O. The van der Waals surface area contributed by atoms with Crippen LogP contribution in [0.3, 0.4) is 0 Å². The zero-order chi connectivity index (χ0) is 12.3. The van der Waals surface area contributed by atoms with Crippen LogP contribution >= 0.6 is 0 Å². The van der Waals surface area contributed by atoms with Crippen LogP contribution in [0.5, 0.6) is 0 Å². The Bertz CT molecular complexity index is 511. The van der Waals surface area contributed by atoms with Crippen LogP contribution in [0.25, 0.3) is 10.9 Å². The first kappa shape index (κ1) is 12.0. The number of nitrogens with zero attached hydrogens (tertiary/aromatic N) is 1.